The fourth-order valence-corrected chi connectivity index (χ4v) is 4.56. The van der Waals surface area contributed by atoms with Crippen LogP contribution in [0.4, 0.5) is 0 Å². The van der Waals surface area contributed by atoms with Crippen molar-refractivity contribution in [3.05, 3.63) is 34.8 Å². The summed E-state index contributed by atoms with van der Waals surface area (Å²) in [4.78, 5) is 29.4. The number of benzene rings is 1. The first-order valence-corrected chi connectivity index (χ1v) is 11.5. The minimum absolute atomic E-state index is 0.128. The van der Waals surface area contributed by atoms with Crippen LogP contribution in [0.3, 0.4) is 0 Å². The molecule has 3 aromatic rings. The number of carbonyl (C=O) groups is 2. The summed E-state index contributed by atoms with van der Waals surface area (Å²) in [5.74, 6) is -0.978. The van der Waals surface area contributed by atoms with Crippen LogP contribution in [-0.4, -0.2) is 54.6 Å². The molecule has 30 heavy (non-hydrogen) atoms. The first-order chi connectivity index (χ1) is 14.1. The van der Waals surface area contributed by atoms with Gasteiger partial charge in [-0.2, -0.15) is 4.99 Å². The molecule has 0 N–H and O–H groups in total. The lowest BCUT2D eigenvalue weighted by atomic mass is 10.3. The predicted molar refractivity (Wildman–Crippen MR) is 109 cm³/mol. The normalized spacial score (nSPS) is 12.3. The molecule has 0 fully saturated rings. The quantitative estimate of drug-likeness (QED) is 0.514. The molecule has 12 heteroatoms. The number of aromatic nitrogens is 3. The molecule has 10 nitrogen and oxygen atoms in total. The van der Waals surface area contributed by atoms with E-state index < -0.39 is 21.7 Å². The lowest BCUT2D eigenvalue weighted by Crippen LogP contribution is -2.23. The van der Waals surface area contributed by atoms with Crippen LogP contribution in [0.1, 0.15) is 17.3 Å². The van der Waals surface area contributed by atoms with Gasteiger partial charge in [0.2, 0.25) is 5.88 Å². The molecule has 3 rings (SSSR count). The van der Waals surface area contributed by atoms with Crippen molar-refractivity contribution < 1.29 is 27.5 Å². The Morgan fingerprint density at radius 2 is 2.03 bits per heavy atom. The Kier molecular flexibility index (Phi) is 6.08. The van der Waals surface area contributed by atoms with Crippen molar-refractivity contribution in [3.63, 3.8) is 0 Å². The summed E-state index contributed by atoms with van der Waals surface area (Å²) >= 11 is 1.09. The summed E-state index contributed by atoms with van der Waals surface area (Å²) < 4.78 is 37.4. The van der Waals surface area contributed by atoms with Crippen LogP contribution in [0.5, 0.6) is 5.88 Å². The summed E-state index contributed by atoms with van der Waals surface area (Å²) in [7, 11) is -0.381. The van der Waals surface area contributed by atoms with E-state index in [9.17, 15) is 18.0 Å². The van der Waals surface area contributed by atoms with Crippen LogP contribution < -0.4 is 9.54 Å². The van der Waals surface area contributed by atoms with E-state index in [1.165, 1.54) is 34.7 Å². The molecule has 0 aliphatic heterocycles. The maximum atomic E-state index is 12.8. The van der Waals surface area contributed by atoms with Gasteiger partial charge in [-0.3, -0.25) is 14.3 Å². The number of carbonyl (C=O) groups excluding carboxylic acids is 2. The molecule has 0 aliphatic rings. The number of fused-ring (bicyclic) bond motifs is 1. The largest absolute Gasteiger partial charge is 0.479 e. The highest BCUT2D eigenvalue weighted by Crippen LogP contribution is 2.22. The van der Waals surface area contributed by atoms with Crippen molar-refractivity contribution in [1.29, 1.82) is 0 Å². The van der Waals surface area contributed by atoms with Gasteiger partial charge in [-0.25, -0.2) is 8.42 Å². The average Bonchev–Trinajstić information content (AvgIpc) is 3.21. The summed E-state index contributed by atoms with van der Waals surface area (Å²) in [6.07, 6.45) is 2.59. The number of aryl methyl sites for hydroxylation is 1. The van der Waals surface area contributed by atoms with E-state index in [2.05, 4.69) is 10.1 Å². The van der Waals surface area contributed by atoms with Crippen LogP contribution in [0.25, 0.3) is 10.2 Å². The van der Waals surface area contributed by atoms with Crippen LogP contribution in [0.15, 0.2) is 34.3 Å². The molecular weight excluding hydrogens is 432 g/mol. The number of amides is 1. The number of sulfone groups is 1. The molecule has 160 valence electrons. The SMILES string of the molecule is CCOC(=O)Cn1c(=NC(=O)c2cn(C)nc2OC)sc2cc(S(C)(=O)=O)ccc21. The number of ether oxygens (including phenoxy) is 2. The number of hydrogen-bond donors (Lipinski definition) is 0. The third-order valence-corrected chi connectivity index (χ3v) is 6.24. The summed E-state index contributed by atoms with van der Waals surface area (Å²) in [6.45, 7) is 1.72. The standard InChI is InChI=1S/C18H20N4O6S2/c1-5-28-15(23)10-22-13-7-6-11(30(4,25)26)8-14(13)29-18(22)19-16(24)12-9-21(2)20-17(12)27-3/h6-9H,5,10H2,1-4H3. The molecule has 0 saturated carbocycles. The average molecular weight is 453 g/mol. The van der Waals surface area contributed by atoms with E-state index >= 15 is 0 Å². The van der Waals surface area contributed by atoms with Gasteiger partial charge in [-0.05, 0) is 25.1 Å². The number of nitrogens with zero attached hydrogens (tertiary/aromatic N) is 4. The van der Waals surface area contributed by atoms with Crippen molar-refractivity contribution in [2.45, 2.75) is 18.4 Å². The summed E-state index contributed by atoms with van der Waals surface area (Å²) in [5.41, 5.74) is 0.724. The van der Waals surface area contributed by atoms with Gasteiger partial charge in [-0.1, -0.05) is 11.3 Å². The number of rotatable bonds is 6. The second kappa shape index (κ2) is 8.40. The van der Waals surface area contributed by atoms with Crippen molar-refractivity contribution in [3.8, 4) is 5.88 Å². The number of thiazole rings is 1. The summed E-state index contributed by atoms with van der Waals surface area (Å²) in [5, 5.41) is 4.04. The highest BCUT2D eigenvalue weighted by atomic mass is 32.2. The highest BCUT2D eigenvalue weighted by molar-refractivity contribution is 7.90. The second-order valence-electron chi connectivity index (χ2n) is 6.32. The van der Waals surface area contributed by atoms with Crippen LogP contribution in [0, 0.1) is 0 Å². The van der Waals surface area contributed by atoms with Crippen molar-refractivity contribution in [2.75, 3.05) is 20.0 Å². The van der Waals surface area contributed by atoms with Gasteiger partial charge in [-0.15, -0.1) is 5.10 Å². The van der Waals surface area contributed by atoms with Crippen molar-refractivity contribution in [2.24, 2.45) is 12.0 Å². The molecule has 0 saturated heterocycles. The van der Waals surface area contributed by atoms with Gasteiger partial charge < -0.3 is 14.0 Å². The molecule has 2 heterocycles. The van der Waals surface area contributed by atoms with E-state index in [1.807, 2.05) is 0 Å². The predicted octanol–water partition coefficient (Wildman–Crippen LogP) is 1.15. The topological polar surface area (TPSA) is 122 Å². The zero-order chi connectivity index (χ0) is 22.1. The van der Waals surface area contributed by atoms with Crippen LogP contribution in [-0.2, 0) is 33.0 Å². The fraction of sp³-hybridized carbons (Fsp3) is 0.333. The lowest BCUT2D eigenvalue weighted by molar-refractivity contribution is -0.143. The van der Waals surface area contributed by atoms with Crippen molar-refractivity contribution in [1.82, 2.24) is 14.3 Å². The van der Waals surface area contributed by atoms with Crippen LogP contribution >= 0.6 is 11.3 Å². The van der Waals surface area contributed by atoms with E-state index in [1.54, 1.807) is 20.0 Å². The fourth-order valence-electron chi connectivity index (χ4n) is 2.77. The molecule has 1 amide bonds. The van der Waals surface area contributed by atoms with Gasteiger partial charge in [0.25, 0.3) is 5.91 Å². The Morgan fingerprint density at radius 1 is 1.30 bits per heavy atom. The molecule has 0 bridgehead atoms. The molecular formula is C18H20N4O6S2. The van der Waals surface area contributed by atoms with E-state index in [0.717, 1.165) is 17.6 Å². The van der Waals surface area contributed by atoms with Gasteiger partial charge >= 0.3 is 5.97 Å². The Labute approximate surface area is 176 Å². The maximum Gasteiger partial charge on any atom is 0.326 e. The molecule has 1 aromatic carbocycles. The molecule has 2 aromatic heterocycles. The second-order valence-corrected chi connectivity index (χ2v) is 9.35. The van der Waals surface area contributed by atoms with Gasteiger partial charge in [0.05, 0.1) is 28.8 Å². The number of esters is 1. The molecule has 0 spiro atoms. The number of hydrogen-bond acceptors (Lipinski definition) is 8. The highest BCUT2D eigenvalue weighted by Gasteiger charge is 2.18. The third-order valence-electron chi connectivity index (χ3n) is 4.09. The summed E-state index contributed by atoms with van der Waals surface area (Å²) in [6, 6.07) is 4.52. The van der Waals surface area contributed by atoms with Crippen molar-refractivity contribution >= 4 is 43.3 Å². The Morgan fingerprint density at radius 3 is 2.67 bits per heavy atom. The molecule has 0 radical (unpaired) electrons. The van der Waals surface area contributed by atoms with Gasteiger partial charge in [0.15, 0.2) is 14.6 Å². The molecule has 0 atom stereocenters. The Bertz CT molecular complexity index is 1300. The number of methoxy groups -OCH3 is 1. The molecule has 0 unspecified atom stereocenters. The van der Waals surface area contributed by atoms with E-state index in [-0.39, 0.29) is 34.3 Å². The first-order valence-electron chi connectivity index (χ1n) is 8.79. The Balaban J connectivity index is 2.18. The molecule has 0 aliphatic carbocycles. The maximum absolute atomic E-state index is 12.8. The lowest BCUT2D eigenvalue weighted by Gasteiger charge is -2.05. The van der Waals surface area contributed by atoms with Gasteiger partial charge in [0, 0.05) is 19.5 Å². The zero-order valence-corrected chi connectivity index (χ0v) is 18.4. The van der Waals surface area contributed by atoms with Gasteiger partial charge in [0.1, 0.15) is 12.1 Å². The van der Waals surface area contributed by atoms with E-state index in [4.69, 9.17) is 9.47 Å². The zero-order valence-electron chi connectivity index (χ0n) is 16.8. The minimum atomic E-state index is -3.42. The monoisotopic (exact) mass is 452 g/mol. The van der Waals surface area contributed by atoms with Crippen LogP contribution in [0.2, 0.25) is 0 Å². The Hall–Kier alpha value is -2.99. The minimum Gasteiger partial charge on any atom is -0.479 e. The van der Waals surface area contributed by atoms with E-state index in [0.29, 0.717) is 10.2 Å². The first kappa shape index (κ1) is 21.7. The smallest absolute Gasteiger partial charge is 0.326 e. The third kappa shape index (κ3) is 4.44.